The number of carbonyl (C=O) groups excluding carboxylic acids is 2. The van der Waals surface area contributed by atoms with Crippen LogP contribution in [-0.4, -0.2) is 28.0 Å². The second kappa shape index (κ2) is 8.66. The molecule has 0 aliphatic heterocycles. The Balaban J connectivity index is 1.39. The van der Waals surface area contributed by atoms with Gasteiger partial charge in [0.15, 0.2) is 6.61 Å². The molecule has 0 saturated carbocycles. The minimum Gasteiger partial charge on any atom is -0.484 e. The van der Waals surface area contributed by atoms with E-state index in [9.17, 15) is 14.4 Å². The van der Waals surface area contributed by atoms with Gasteiger partial charge in [0.25, 0.3) is 11.5 Å². The smallest absolute Gasteiger partial charge is 0.262 e. The van der Waals surface area contributed by atoms with Crippen molar-refractivity contribution in [1.82, 2.24) is 9.55 Å². The van der Waals surface area contributed by atoms with E-state index in [-0.39, 0.29) is 31.0 Å². The molecule has 0 unspecified atom stereocenters. The average Bonchev–Trinajstić information content (AvgIpc) is 3.12. The first-order valence-electron chi connectivity index (χ1n) is 9.82. The van der Waals surface area contributed by atoms with Crippen molar-refractivity contribution in [2.24, 2.45) is 5.73 Å². The maximum atomic E-state index is 12.9. The Morgan fingerprint density at radius 1 is 1.20 bits per heavy atom. The van der Waals surface area contributed by atoms with Gasteiger partial charge >= 0.3 is 0 Å². The predicted octanol–water partition coefficient (Wildman–Crippen LogP) is 2.23. The lowest BCUT2D eigenvalue weighted by molar-refractivity contribution is -0.120. The fourth-order valence-corrected chi connectivity index (χ4v) is 4.79. The molecule has 1 aliphatic carbocycles. The number of thiophene rings is 1. The third kappa shape index (κ3) is 4.35. The molecule has 2 aromatic heterocycles. The van der Waals surface area contributed by atoms with Crippen LogP contribution in [0.15, 0.2) is 35.4 Å². The molecular weight excluding hydrogens is 404 g/mol. The van der Waals surface area contributed by atoms with Crippen LogP contribution in [0, 0.1) is 0 Å². The van der Waals surface area contributed by atoms with Crippen LogP contribution in [0.1, 0.15) is 29.7 Å². The second-order valence-electron chi connectivity index (χ2n) is 7.21. The molecule has 0 bridgehead atoms. The Morgan fingerprint density at radius 3 is 2.73 bits per heavy atom. The molecular formula is C21H22N4O4S. The standard InChI is InChI=1S/C21H22N4O4S/c22-17(26)11-29-14-7-5-13(6-8-14)24-18(27)9-10-25-12-23-20-19(21(25)28)15-3-1-2-4-16(15)30-20/h5-8,12H,1-4,9-11H2,(H2,22,26)(H,24,27). The number of nitrogens with one attached hydrogen (secondary N) is 1. The highest BCUT2D eigenvalue weighted by atomic mass is 32.1. The number of aromatic nitrogens is 2. The summed E-state index contributed by atoms with van der Waals surface area (Å²) in [5.74, 6) is -0.282. The van der Waals surface area contributed by atoms with Gasteiger partial charge in [-0.05, 0) is 55.5 Å². The van der Waals surface area contributed by atoms with Gasteiger partial charge in [-0.2, -0.15) is 0 Å². The van der Waals surface area contributed by atoms with E-state index in [4.69, 9.17) is 10.5 Å². The van der Waals surface area contributed by atoms with Crippen molar-refractivity contribution in [3.05, 3.63) is 51.4 Å². The number of primary amides is 1. The fraction of sp³-hybridized carbons (Fsp3) is 0.333. The van der Waals surface area contributed by atoms with Crippen LogP contribution < -0.4 is 21.3 Å². The third-order valence-electron chi connectivity index (χ3n) is 5.04. The monoisotopic (exact) mass is 426 g/mol. The molecule has 0 saturated heterocycles. The number of carbonyl (C=O) groups is 2. The minimum atomic E-state index is -0.557. The van der Waals surface area contributed by atoms with E-state index in [0.717, 1.165) is 41.5 Å². The van der Waals surface area contributed by atoms with Crippen LogP contribution in [0.25, 0.3) is 10.2 Å². The lowest BCUT2D eigenvalue weighted by atomic mass is 9.97. The first-order chi connectivity index (χ1) is 14.5. The molecule has 8 nitrogen and oxygen atoms in total. The molecule has 9 heteroatoms. The highest BCUT2D eigenvalue weighted by Crippen LogP contribution is 2.33. The summed E-state index contributed by atoms with van der Waals surface area (Å²) < 4.78 is 6.70. The van der Waals surface area contributed by atoms with Crippen molar-refractivity contribution >= 4 is 39.1 Å². The number of hydrogen-bond donors (Lipinski definition) is 2. The lowest BCUT2D eigenvalue weighted by Crippen LogP contribution is -2.24. The van der Waals surface area contributed by atoms with Crippen molar-refractivity contribution in [2.75, 3.05) is 11.9 Å². The van der Waals surface area contributed by atoms with E-state index in [1.165, 1.54) is 15.8 Å². The maximum Gasteiger partial charge on any atom is 0.262 e. The molecule has 1 aromatic carbocycles. The fourth-order valence-electron chi connectivity index (χ4n) is 3.57. The predicted molar refractivity (Wildman–Crippen MR) is 115 cm³/mol. The summed E-state index contributed by atoms with van der Waals surface area (Å²) in [7, 11) is 0. The Bertz CT molecular complexity index is 1150. The van der Waals surface area contributed by atoms with Crippen molar-refractivity contribution in [2.45, 2.75) is 38.6 Å². The Labute approximate surface area is 176 Å². The van der Waals surface area contributed by atoms with E-state index < -0.39 is 5.91 Å². The van der Waals surface area contributed by atoms with E-state index in [0.29, 0.717) is 11.4 Å². The van der Waals surface area contributed by atoms with Gasteiger partial charge < -0.3 is 15.8 Å². The molecule has 4 rings (SSSR count). The Kier molecular flexibility index (Phi) is 5.80. The van der Waals surface area contributed by atoms with Crippen molar-refractivity contribution < 1.29 is 14.3 Å². The van der Waals surface area contributed by atoms with E-state index >= 15 is 0 Å². The first kappa shape index (κ1) is 20.1. The van der Waals surface area contributed by atoms with Crippen molar-refractivity contribution in [1.29, 1.82) is 0 Å². The number of anilines is 1. The number of fused-ring (bicyclic) bond motifs is 3. The summed E-state index contributed by atoms with van der Waals surface area (Å²) >= 11 is 1.62. The van der Waals surface area contributed by atoms with Crippen LogP contribution >= 0.6 is 11.3 Å². The van der Waals surface area contributed by atoms with Crippen LogP contribution in [0.3, 0.4) is 0 Å². The maximum absolute atomic E-state index is 12.9. The van der Waals surface area contributed by atoms with Crippen molar-refractivity contribution in [3.8, 4) is 5.75 Å². The minimum absolute atomic E-state index is 0.0665. The molecule has 156 valence electrons. The molecule has 3 N–H and O–H groups in total. The number of hydrogen-bond acceptors (Lipinski definition) is 6. The van der Waals surface area contributed by atoms with Gasteiger partial charge in [-0.15, -0.1) is 11.3 Å². The molecule has 0 radical (unpaired) electrons. The highest BCUT2D eigenvalue weighted by molar-refractivity contribution is 7.18. The number of aryl methyl sites for hydroxylation is 3. The number of benzene rings is 1. The summed E-state index contributed by atoms with van der Waals surface area (Å²) in [6, 6.07) is 6.62. The zero-order valence-corrected chi connectivity index (χ0v) is 17.2. The van der Waals surface area contributed by atoms with Crippen LogP contribution in [0.5, 0.6) is 5.75 Å². The average molecular weight is 426 g/mol. The van der Waals surface area contributed by atoms with Gasteiger partial charge in [0.2, 0.25) is 5.91 Å². The third-order valence-corrected chi connectivity index (χ3v) is 6.24. The molecule has 2 heterocycles. The number of ether oxygens (including phenoxy) is 1. The highest BCUT2D eigenvalue weighted by Gasteiger charge is 2.20. The van der Waals surface area contributed by atoms with Gasteiger partial charge in [-0.25, -0.2) is 4.98 Å². The normalized spacial score (nSPS) is 13.1. The number of amides is 2. The van der Waals surface area contributed by atoms with E-state index in [1.807, 2.05) is 0 Å². The zero-order chi connectivity index (χ0) is 21.1. The summed E-state index contributed by atoms with van der Waals surface area (Å²) in [4.78, 5) is 42.5. The van der Waals surface area contributed by atoms with Gasteiger partial charge in [0.1, 0.15) is 10.6 Å². The molecule has 3 aromatic rings. The molecule has 30 heavy (non-hydrogen) atoms. The summed E-state index contributed by atoms with van der Waals surface area (Å²) in [5, 5.41) is 3.51. The Morgan fingerprint density at radius 2 is 1.97 bits per heavy atom. The topological polar surface area (TPSA) is 116 Å². The number of nitrogens with zero attached hydrogens (tertiary/aromatic N) is 2. The first-order valence-corrected chi connectivity index (χ1v) is 10.6. The SMILES string of the molecule is NC(=O)COc1ccc(NC(=O)CCn2cnc3sc4c(c3c2=O)CCCC4)cc1. The van der Waals surface area contributed by atoms with E-state index in [1.54, 1.807) is 35.6 Å². The zero-order valence-electron chi connectivity index (χ0n) is 16.3. The molecule has 0 atom stereocenters. The largest absolute Gasteiger partial charge is 0.484 e. The van der Waals surface area contributed by atoms with Gasteiger partial charge in [-0.1, -0.05) is 0 Å². The summed E-state index contributed by atoms with van der Waals surface area (Å²) in [5.41, 5.74) is 6.72. The summed E-state index contributed by atoms with van der Waals surface area (Å²) in [6.07, 6.45) is 5.89. The quantitative estimate of drug-likeness (QED) is 0.601. The molecule has 2 amide bonds. The number of nitrogens with two attached hydrogens (primary N) is 1. The van der Waals surface area contributed by atoms with Crippen LogP contribution in [0.4, 0.5) is 5.69 Å². The van der Waals surface area contributed by atoms with Crippen LogP contribution in [0.2, 0.25) is 0 Å². The van der Waals surface area contributed by atoms with Gasteiger partial charge in [-0.3, -0.25) is 19.0 Å². The second-order valence-corrected chi connectivity index (χ2v) is 8.30. The van der Waals surface area contributed by atoms with E-state index in [2.05, 4.69) is 10.3 Å². The van der Waals surface area contributed by atoms with Gasteiger partial charge in [0, 0.05) is 23.5 Å². The molecule has 0 spiro atoms. The van der Waals surface area contributed by atoms with Crippen LogP contribution in [-0.2, 0) is 29.0 Å². The lowest BCUT2D eigenvalue weighted by Gasteiger charge is -2.11. The Hall–Kier alpha value is -3.20. The van der Waals surface area contributed by atoms with Gasteiger partial charge in [0.05, 0.1) is 11.7 Å². The molecule has 1 aliphatic rings. The summed E-state index contributed by atoms with van der Waals surface area (Å²) in [6.45, 7) is 0.0597. The van der Waals surface area contributed by atoms with Crippen molar-refractivity contribution in [3.63, 3.8) is 0 Å². The number of rotatable bonds is 7. The molecule has 0 fully saturated rings.